The third-order valence-electron chi connectivity index (χ3n) is 4.80. The van der Waals surface area contributed by atoms with Crippen LogP contribution in [0.4, 0.5) is 5.69 Å². The number of hydrogen-bond acceptors (Lipinski definition) is 3. The molecule has 1 unspecified atom stereocenters. The molecule has 0 aromatic heterocycles. The highest BCUT2D eigenvalue weighted by Crippen LogP contribution is 2.27. The van der Waals surface area contributed by atoms with Crippen LogP contribution in [0.15, 0.2) is 18.2 Å². The maximum Gasteiger partial charge on any atom is 0.238 e. The van der Waals surface area contributed by atoms with Crippen molar-refractivity contribution in [2.75, 3.05) is 18.4 Å². The molecule has 2 rings (SSSR count). The molecule has 1 aromatic rings. The Kier molecular flexibility index (Phi) is 7.00. The number of nitrogens with one attached hydrogen (secondary N) is 2. The van der Waals surface area contributed by atoms with Gasteiger partial charge in [-0.1, -0.05) is 25.1 Å². The van der Waals surface area contributed by atoms with Gasteiger partial charge in [-0.3, -0.25) is 14.5 Å². The minimum absolute atomic E-state index is 0.00775. The molecule has 0 spiro atoms. The number of hydrogen-bond donors (Lipinski definition) is 2. The highest BCUT2D eigenvalue weighted by molar-refractivity contribution is 5.93. The molecule has 138 valence electrons. The summed E-state index contributed by atoms with van der Waals surface area (Å²) < 4.78 is 0. The maximum atomic E-state index is 12.5. The van der Waals surface area contributed by atoms with Gasteiger partial charge in [-0.15, -0.1) is 0 Å². The van der Waals surface area contributed by atoms with Crippen LogP contribution in [0.25, 0.3) is 0 Å². The monoisotopic (exact) mass is 345 g/mol. The van der Waals surface area contributed by atoms with Gasteiger partial charge in [-0.2, -0.15) is 0 Å². The van der Waals surface area contributed by atoms with Crippen molar-refractivity contribution in [3.05, 3.63) is 29.3 Å². The lowest BCUT2D eigenvalue weighted by molar-refractivity contribution is -0.123. The summed E-state index contributed by atoms with van der Waals surface area (Å²) in [4.78, 5) is 26.6. The zero-order chi connectivity index (χ0) is 18.4. The van der Waals surface area contributed by atoms with Crippen molar-refractivity contribution in [3.8, 4) is 0 Å². The summed E-state index contributed by atoms with van der Waals surface area (Å²) in [5, 5.41) is 6.03. The summed E-state index contributed by atoms with van der Waals surface area (Å²) >= 11 is 0. The van der Waals surface area contributed by atoms with E-state index in [4.69, 9.17) is 0 Å². The standard InChI is InChI=1S/C20H31N3O2/c1-5-16(4)21-18(24)11-12-23(17-9-10-17)13-19(25)22-20-14(2)7-6-8-15(20)3/h6-8,16-17H,5,9-13H2,1-4H3,(H,21,24)(H,22,25). The Morgan fingerprint density at radius 2 is 1.84 bits per heavy atom. The van der Waals surface area contributed by atoms with Crippen molar-refractivity contribution in [2.45, 2.75) is 65.5 Å². The van der Waals surface area contributed by atoms with E-state index in [9.17, 15) is 9.59 Å². The molecule has 0 saturated heterocycles. The van der Waals surface area contributed by atoms with Gasteiger partial charge >= 0.3 is 0 Å². The summed E-state index contributed by atoms with van der Waals surface area (Å²) in [6.45, 7) is 9.04. The molecule has 1 atom stereocenters. The number of benzene rings is 1. The van der Waals surface area contributed by atoms with Crippen molar-refractivity contribution >= 4 is 17.5 Å². The van der Waals surface area contributed by atoms with Crippen LogP contribution >= 0.6 is 0 Å². The van der Waals surface area contributed by atoms with Gasteiger partial charge in [0.15, 0.2) is 0 Å². The van der Waals surface area contributed by atoms with E-state index in [1.54, 1.807) is 0 Å². The van der Waals surface area contributed by atoms with Crippen LogP contribution in [0.1, 0.15) is 50.7 Å². The van der Waals surface area contributed by atoms with Gasteiger partial charge in [0.05, 0.1) is 6.54 Å². The first-order valence-electron chi connectivity index (χ1n) is 9.30. The average molecular weight is 345 g/mol. The van der Waals surface area contributed by atoms with Crippen LogP contribution in [0, 0.1) is 13.8 Å². The van der Waals surface area contributed by atoms with Gasteiger partial charge in [0, 0.05) is 30.7 Å². The molecule has 2 N–H and O–H groups in total. The quantitative estimate of drug-likeness (QED) is 0.723. The second-order valence-corrected chi connectivity index (χ2v) is 7.14. The van der Waals surface area contributed by atoms with Crippen LogP contribution in [0.3, 0.4) is 0 Å². The van der Waals surface area contributed by atoms with Gasteiger partial charge in [0.25, 0.3) is 0 Å². The zero-order valence-electron chi connectivity index (χ0n) is 15.9. The van der Waals surface area contributed by atoms with Gasteiger partial charge in [0.1, 0.15) is 0 Å². The van der Waals surface area contributed by atoms with E-state index in [1.165, 1.54) is 0 Å². The number of para-hydroxylation sites is 1. The van der Waals surface area contributed by atoms with E-state index in [0.717, 1.165) is 36.1 Å². The third-order valence-corrected chi connectivity index (χ3v) is 4.80. The largest absolute Gasteiger partial charge is 0.354 e. The fourth-order valence-corrected chi connectivity index (χ4v) is 2.90. The highest BCUT2D eigenvalue weighted by Gasteiger charge is 2.30. The fourth-order valence-electron chi connectivity index (χ4n) is 2.90. The Balaban J connectivity index is 1.86. The Morgan fingerprint density at radius 1 is 1.20 bits per heavy atom. The topological polar surface area (TPSA) is 61.4 Å². The van der Waals surface area contributed by atoms with E-state index in [1.807, 2.05) is 39.0 Å². The average Bonchev–Trinajstić information content (AvgIpc) is 3.39. The maximum absolute atomic E-state index is 12.5. The molecular weight excluding hydrogens is 314 g/mol. The molecule has 0 bridgehead atoms. The van der Waals surface area contributed by atoms with Crippen LogP contribution in [0.5, 0.6) is 0 Å². The Bertz CT molecular complexity index is 591. The smallest absolute Gasteiger partial charge is 0.238 e. The fraction of sp³-hybridized carbons (Fsp3) is 0.600. The van der Waals surface area contributed by atoms with Crippen molar-refractivity contribution in [3.63, 3.8) is 0 Å². The SMILES string of the molecule is CCC(C)NC(=O)CCN(CC(=O)Nc1c(C)cccc1C)C1CC1. The van der Waals surface area contributed by atoms with Crippen molar-refractivity contribution in [1.29, 1.82) is 0 Å². The van der Waals surface area contributed by atoms with Gasteiger partial charge in [-0.05, 0) is 51.2 Å². The lowest BCUT2D eigenvalue weighted by Crippen LogP contribution is -2.39. The molecule has 2 amide bonds. The Hall–Kier alpha value is -1.88. The van der Waals surface area contributed by atoms with Gasteiger partial charge in [-0.25, -0.2) is 0 Å². The minimum Gasteiger partial charge on any atom is -0.354 e. The van der Waals surface area contributed by atoms with E-state index in [2.05, 4.69) is 22.5 Å². The van der Waals surface area contributed by atoms with Crippen LogP contribution in [0.2, 0.25) is 0 Å². The molecular formula is C20H31N3O2. The second kappa shape index (κ2) is 8.99. The summed E-state index contributed by atoms with van der Waals surface area (Å²) in [7, 11) is 0. The minimum atomic E-state index is -0.00775. The van der Waals surface area contributed by atoms with Crippen molar-refractivity contribution in [1.82, 2.24) is 10.2 Å². The molecule has 25 heavy (non-hydrogen) atoms. The number of amides is 2. The van der Waals surface area contributed by atoms with Gasteiger partial charge in [0.2, 0.25) is 11.8 Å². The highest BCUT2D eigenvalue weighted by atomic mass is 16.2. The number of anilines is 1. The van der Waals surface area contributed by atoms with Crippen molar-refractivity contribution in [2.24, 2.45) is 0 Å². The van der Waals surface area contributed by atoms with E-state index < -0.39 is 0 Å². The predicted octanol–water partition coefficient (Wildman–Crippen LogP) is 3.01. The summed E-state index contributed by atoms with van der Waals surface area (Å²) in [5.41, 5.74) is 3.04. The van der Waals surface area contributed by atoms with Gasteiger partial charge < -0.3 is 10.6 Å². The molecule has 1 fully saturated rings. The zero-order valence-corrected chi connectivity index (χ0v) is 15.9. The van der Waals surface area contributed by atoms with Crippen LogP contribution in [-0.4, -0.2) is 41.9 Å². The normalized spacial score (nSPS) is 15.1. The third kappa shape index (κ3) is 6.16. The molecule has 1 aliphatic carbocycles. The first-order chi connectivity index (χ1) is 11.9. The summed E-state index contributed by atoms with van der Waals surface area (Å²) in [6, 6.07) is 6.64. The number of rotatable bonds is 9. The first-order valence-corrected chi connectivity index (χ1v) is 9.30. The molecule has 1 saturated carbocycles. The van der Waals surface area contributed by atoms with Crippen LogP contribution in [-0.2, 0) is 9.59 Å². The number of aryl methyl sites for hydroxylation is 2. The number of nitrogens with zero attached hydrogens (tertiary/aromatic N) is 1. The molecule has 0 radical (unpaired) electrons. The number of carbonyl (C=O) groups excluding carboxylic acids is 2. The van der Waals surface area contributed by atoms with E-state index in [0.29, 0.717) is 25.6 Å². The Morgan fingerprint density at radius 3 is 2.40 bits per heavy atom. The molecule has 1 aromatic carbocycles. The molecule has 5 nitrogen and oxygen atoms in total. The molecule has 0 heterocycles. The lowest BCUT2D eigenvalue weighted by atomic mass is 10.1. The second-order valence-electron chi connectivity index (χ2n) is 7.14. The summed E-state index contributed by atoms with van der Waals surface area (Å²) in [5.74, 6) is 0.0572. The first kappa shape index (κ1) is 19.4. The molecule has 5 heteroatoms. The molecule has 1 aliphatic rings. The predicted molar refractivity (Wildman–Crippen MR) is 102 cm³/mol. The van der Waals surface area contributed by atoms with Crippen molar-refractivity contribution < 1.29 is 9.59 Å². The lowest BCUT2D eigenvalue weighted by Gasteiger charge is -2.22. The number of carbonyl (C=O) groups is 2. The summed E-state index contributed by atoms with van der Waals surface area (Å²) in [6.07, 6.45) is 3.60. The van der Waals surface area contributed by atoms with E-state index in [-0.39, 0.29) is 17.9 Å². The Labute approximate surface area is 151 Å². The molecule has 0 aliphatic heterocycles. The van der Waals surface area contributed by atoms with E-state index >= 15 is 0 Å². The van der Waals surface area contributed by atoms with Crippen LogP contribution < -0.4 is 10.6 Å².